The molecule has 1 heterocycles. The van der Waals surface area contributed by atoms with Crippen LogP contribution in [0.25, 0.3) is 0 Å². The Kier molecular flexibility index (Phi) is 2.54. The Morgan fingerprint density at radius 1 is 1.23 bits per heavy atom. The summed E-state index contributed by atoms with van der Waals surface area (Å²) in [4.78, 5) is 10.9. The third-order valence-electron chi connectivity index (χ3n) is 3.12. The average molecular weight is 204 g/mol. The molecule has 0 saturated carbocycles. The second kappa shape index (κ2) is 3.08. The Labute approximate surface area is 79.4 Å². The summed E-state index contributed by atoms with van der Waals surface area (Å²) >= 11 is 0. The van der Waals surface area contributed by atoms with Gasteiger partial charge >= 0.3 is 0 Å². The first-order valence-electron chi connectivity index (χ1n) is 4.50. The van der Waals surface area contributed by atoms with E-state index in [9.17, 15) is 13.2 Å². The van der Waals surface area contributed by atoms with Crippen molar-refractivity contribution in [1.29, 1.82) is 0 Å². The molecule has 1 atom stereocenters. The van der Waals surface area contributed by atoms with Crippen molar-refractivity contribution >= 4 is 16.1 Å². The van der Waals surface area contributed by atoms with Crippen LogP contribution in [-0.2, 0) is 14.6 Å². The molecule has 3 nitrogen and oxygen atoms in total. The van der Waals surface area contributed by atoms with Crippen LogP contribution in [0.3, 0.4) is 0 Å². The molecular weight excluding hydrogens is 188 g/mol. The van der Waals surface area contributed by atoms with Crippen molar-refractivity contribution in [3.05, 3.63) is 0 Å². The van der Waals surface area contributed by atoms with Crippen LogP contribution in [-0.4, -0.2) is 26.2 Å². The summed E-state index contributed by atoms with van der Waals surface area (Å²) in [6, 6.07) is 0. The molecule has 13 heavy (non-hydrogen) atoms. The van der Waals surface area contributed by atoms with Crippen LogP contribution in [0.4, 0.5) is 0 Å². The average Bonchev–Trinajstić information content (AvgIpc) is 1.97. The Hall–Kier alpha value is -0.380. The van der Waals surface area contributed by atoms with Crippen molar-refractivity contribution in [1.82, 2.24) is 0 Å². The standard InChI is InChI=1S/C9H16O3S/c1-7(2)8(3)9(4-10)5-13(11,12)6-9/h4,7-8H,5-6H2,1-3H3. The lowest BCUT2D eigenvalue weighted by Gasteiger charge is -2.42. The number of rotatable bonds is 3. The van der Waals surface area contributed by atoms with Crippen molar-refractivity contribution in [3.63, 3.8) is 0 Å². The molecule has 0 bridgehead atoms. The second-order valence-electron chi connectivity index (χ2n) is 4.42. The maximum absolute atomic E-state index is 11.0. The van der Waals surface area contributed by atoms with Crippen LogP contribution in [0.5, 0.6) is 0 Å². The molecule has 0 aromatic heterocycles. The van der Waals surface area contributed by atoms with Gasteiger partial charge in [0.05, 0.1) is 16.9 Å². The fourth-order valence-corrected chi connectivity index (χ4v) is 4.09. The van der Waals surface area contributed by atoms with Crippen molar-refractivity contribution in [2.45, 2.75) is 20.8 Å². The van der Waals surface area contributed by atoms with Crippen LogP contribution < -0.4 is 0 Å². The number of hydrogen-bond acceptors (Lipinski definition) is 3. The normalized spacial score (nSPS) is 26.5. The van der Waals surface area contributed by atoms with Gasteiger partial charge in [-0.25, -0.2) is 8.42 Å². The Bertz CT molecular complexity index is 291. The lowest BCUT2D eigenvalue weighted by molar-refractivity contribution is -0.118. The van der Waals surface area contributed by atoms with Crippen LogP contribution in [0.15, 0.2) is 0 Å². The minimum atomic E-state index is -2.91. The quantitative estimate of drug-likeness (QED) is 0.642. The van der Waals surface area contributed by atoms with Crippen LogP contribution >= 0.6 is 0 Å². The topological polar surface area (TPSA) is 51.2 Å². The van der Waals surface area contributed by atoms with Gasteiger partial charge in [-0.2, -0.15) is 0 Å². The van der Waals surface area contributed by atoms with E-state index in [0.29, 0.717) is 5.92 Å². The number of carbonyl (C=O) groups is 1. The van der Waals surface area contributed by atoms with Gasteiger partial charge < -0.3 is 4.79 Å². The minimum absolute atomic E-state index is 0.0445. The zero-order valence-corrected chi connectivity index (χ0v) is 9.10. The smallest absolute Gasteiger partial charge is 0.152 e. The highest BCUT2D eigenvalue weighted by Gasteiger charge is 2.52. The van der Waals surface area contributed by atoms with E-state index in [1.54, 1.807) is 0 Å². The third kappa shape index (κ3) is 1.77. The van der Waals surface area contributed by atoms with Gasteiger partial charge in [0, 0.05) is 0 Å². The van der Waals surface area contributed by atoms with Crippen LogP contribution in [0.1, 0.15) is 20.8 Å². The molecule has 0 N–H and O–H groups in total. The number of hydrogen-bond donors (Lipinski definition) is 0. The molecule has 76 valence electrons. The number of sulfone groups is 1. The van der Waals surface area contributed by atoms with Gasteiger partial charge in [-0.1, -0.05) is 20.8 Å². The van der Waals surface area contributed by atoms with E-state index >= 15 is 0 Å². The highest BCUT2D eigenvalue weighted by molar-refractivity contribution is 7.93. The summed E-state index contributed by atoms with van der Waals surface area (Å²) in [6.07, 6.45) is 0.832. The zero-order valence-electron chi connectivity index (χ0n) is 8.28. The first-order chi connectivity index (χ1) is 5.83. The van der Waals surface area contributed by atoms with E-state index in [-0.39, 0.29) is 17.4 Å². The number of carbonyl (C=O) groups excluding carboxylic acids is 1. The lowest BCUT2D eigenvalue weighted by Crippen LogP contribution is -2.54. The molecule has 0 spiro atoms. The van der Waals surface area contributed by atoms with E-state index in [2.05, 4.69) is 0 Å². The van der Waals surface area contributed by atoms with Gasteiger partial charge in [0.2, 0.25) is 0 Å². The summed E-state index contributed by atoms with van der Waals surface area (Å²) in [5.74, 6) is 0.584. The van der Waals surface area contributed by atoms with E-state index in [4.69, 9.17) is 0 Å². The molecule has 0 aromatic rings. The van der Waals surface area contributed by atoms with Gasteiger partial charge in [0.15, 0.2) is 9.84 Å². The molecule has 0 aromatic carbocycles. The van der Waals surface area contributed by atoms with Gasteiger partial charge in [0.1, 0.15) is 6.29 Å². The molecule has 0 amide bonds. The Morgan fingerprint density at radius 3 is 1.92 bits per heavy atom. The van der Waals surface area contributed by atoms with Crippen molar-refractivity contribution in [2.24, 2.45) is 17.3 Å². The Balaban J connectivity index is 2.82. The first kappa shape index (κ1) is 10.7. The lowest BCUT2D eigenvalue weighted by atomic mass is 9.74. The largest absolute Gasteiger partial charge is 0.303 e. The summed E-state index contributed by atoms with van der Waals surface area (Å²) in [7, 11) is -2.91. The van der Waals surface area contributed by atoms with Crippen LogP contribution in [0.2, 0.25) is 0 Å². The first-order valence-corrected chi connectivity index (χ1v) is 6.32. The molecule has 0 aliphatic carbocycles. The highest BCUT2D eigenvalue weighted by atomic mass is 32.2. The second-order valence-corrected chi connectivity index (χ2v) is 6.48. The maximum Gasteiger partial charge on any atom is 0.152 e. The van der Waals surface area contributed by atoms with E-state index in [0.717, 1.165) is 6.29 Å². The molecule has 0 radical (unpaired) electrons. The van der Waals surface area contributed by atoms with Gasteiger partial charge in [-0.05, 0) is 11.8 Å². The molecular formula is C9H16O3S. The van der Waals surface area contributed by atoms with Crippen LogP contribution in [0, 0.1) is 17.3 Å². The SMILES string of the molecule is CC(C)C(C)C1(C=O)CS(=O)(=O)C1. The molecule has 1 aliphatic rings. The third-order valence-corrected chi connectivity index (χ3v) is 5.07. The number of aldehydes is 1. The van der Waals surface area contributed by atoms with Crippen molar-refractivity contribution in [3.8, 4) is 0 Å². The van der Waals surface area contributed by atoms with Gasteiger partial charge in [0.25, 0.3) is 0 Å². The zero-order chi connectivity index (χ0) is 10.3. The molecule has 1 aliphatic heterocycles. The summed E-state index contributed by atoms with van der Waals surface area (Å²) in [6.45, 7) is 5.98. The maximum atomic E-state index is 11.0. The molecule has 4 heteroatoms. The Morgan fingerprint density at radius 2 is 1.69 bits per heavy atom. The predicted octanol–water partition coefficient (Wildman–Crippen LogP) is 0.892. The van der Waals surface area contributed by atoms with Gasteiger partial charge in [-0.15, -0.1) is 0 Å². The summed E-state index contributed by atoms with van der Waals surface area (Å²) < 4.78 is 22.1. The molecule has 1 saturated heterocycles. The molecule has 1 rings (SSSR count). The van der Waals surface area contributed by atoms with Crippen molar-refractivity contribution in [2.75, 3.05) is 11.5 Å². The molecule has 1 unspecified atom stereocenters. The fourth-order valence-electron chi connectivity index (χ4n) is 1.88. The summed E-state index contributed by atoms with van der Waals surface area (Å²) in [5, 5.41) is 0. The molecule has 1 fully saturated rings. The van der Waals surface area contributed by atoms with E-state index in [1.165, 1.54) is 0 Å². The predicted molar refractivity (Wildman–Crippen MR) is 51.2 cm³/mol. The van der Waals surface area contributed by atoms with E-state index < -0.39 is 15.3 Å². The van der Waals surface area contributed by atoms with Gasteiger partial charge in [-0.3, -0.25) is 0 Å². The van der Waals surface area contributed by atoms with E-state index in [1.807, 2.05) is 20.8 Å². The fraction of sp³-hybridized carbons (Fsp3) is 0.889. The minimum Gasteiger partial charge on any atom is -0.303 e. The van der Waals surface area contributed by atoms with Crippen molar-refractivity contribution < 1.29 is 13.2 Å². The highest BCUT2D eigenvalue weighted by Crippen LogP contribution is 2.41. The summed E-state index contributed by atoms with van der Waals surface area (Å²) in [5.41, 5.74) is -0.590. The monoisotopic (exact) mass is 204 g/mol.